The number of aromatic amines is 1. The highest BCUT2D eigenvalue weighted by atomic mass is 35.5. The number of hydrogen-bond donors (Lipinski definition) is 2. The maximum atomic E-state index is 14.9. The molecule has 0 bridgehead atoms. The minimum absolute atomic E-state index is 0.0343. The molecule has 31 heavy (non-hydrogen) atoms. The monoisotopic (exact) mass is 471 g/mol. The van der Waals surface area contributed by atoms with Gasteiger partial charge >= 0.3 is 5.76 Å². The van der Waals surface area contributed by atoms with Crippen LogP contribution in [0.1, 0.15) is 32.6 Å². The van der Waals surface area contributed by atoms with Crippen molar-refractivity contribution in [3.63, 3.8) is 0 Å². The van der Waals surface area contributed by atoms with E-state index in [9.17, 15) is 17.6 Å². The van der Waals surface area contributed by atoms with Crippen LogP contribution >= 0.6 is 11.6 Å². The van der Waals surface area contributed by atoms with Gasteiger partial charge in [-0.05, 0) is 29.5 Å². The lowest BCUT2D eigenvalue weighted by atomic mass is 9.67. The van der Waals surface area contributed by atoms with Gasteiger partial charge in [0.05, 0.1) is 13.2 Å². The van der Waals surface area contributed by atoms with Crippen molar-refractivity contribution in [2.75, 3.05) is 7.11 Å². The highest BCUT2D eigenvalue weighted by molar-refractivity contribution is 7.89. The second-order valence-electron chi connectivity index (χ2n) is 7.94. The van der Waals surface area contributed by atoms with E-state index in [2.05, 4.69) is 19.4 Å². The molecule has 0 aliphatic heterocycles. The van der Waals surface area contributed by atoms with Crippen molar-refractivity contribution in [3.05, 3.63) is 63.7 Å². The maximum absolute atomic E-state index is 14.9. The van der Waals surface area contributed by atoms with Crippen LogP contribution in [0.3, 0.4) is 0 Å². The predicted octanol–water partition coefficient (Wildman–Crippen LogP) is 3.75. The zero-order chi connectivity index (χ0) is 23.0. The lowest BCUT2D eigenvalue weighted by Crippen LogP contribution is -2.41. The first kappa shape index (κ1) is 23.2. The van der Waals surface area contributed by atoms with Crippen LogP contribution in [0.2, 0.25) is 5.02 Å². The van der Waals surface area contributed by atoms with Gasteiger partial charge in [0.2, 0.25) is 10.0 Å². The summed E-state index contributed by atoms with van der Waals surface area (Å²) in [5.41, 5.74) is -0.621. The Balaban J connectivity index is 2.06. The van der Waals surface area contributed by atoms with Gasteiger partial charge in [0, 0.05) is 17.0 Å². The van der Waals surface area contributed by atoms with Crippen LogP contribution in [0.4, 0.5) is 4.39 Å². The predicted molar refractivity (Wildman–Crippen MR) is 113 cm³/mol. The number of rotatable bonds is 7. The summed E-state index contributed by atoms with van der Waals surface area (Å²) in [6.45, 7) is 5.37. The summed E-state index contributed by atoms with van der Waals surface area (Å²) in [5, 5.41) is 3.95. The van der Waals surface area contributed by atoms with Crippen molar-refractivity contribution in [2.45, 2.75) is 31.7 Å². The minimum atomic E-state index is -4.19. The summed E-state index contributed by atoms with van der Waals surface area (Å²) < 4.78 is 53.6. The largest absolute Gasteiger partial charge is 0.495 e. The summed E-state index contributed by atoms with van der Waals surface area (Å²) in [7, 11) is -2.88. The number of H-pyrrole nitrogens is 1. The summed E-state index contributed by atoms with van der Waals surface area (Å²) in [4.78, 5) is 13.8. The van der Waals surface area contributed by atoms with Gasteiger partial charge < -0.3 is 4.74 Å². The van der Waals surface area contributed by atoms with Gasteiger partial charge in [-0.3, -0.25) is 9.51 Å². The molecule has 3 unspecified atom stereocenters. The number of aromatic nitrogens is 2. The highest BCUT2D eigenvalue weighted by Gasteiger charge is 2.43. The van der Waals surface area contributed by atoms with Gasteiger partial charge in [-0.25, -0.2) is 17.6 Å². The number of sulfonamides is 1. The van der Waals surface area contributed by atoms with Crippen LogP contribution in [-0.2, 0) is 10.0 Å². The maximum Gasteiger partial charge on any atom is 0.438 e. The van der Waals surface area contributed by atoms with Crippen LogP contribution in [0.5, 0.6) is 5.75 Å². The molecule has 1 aliphatic rings. The molecule has 3 atom stereocenters. The van der Waals surface area contributed by atoms with Gasteiger partial charge in [0.25, 0.3) is 0 Å². The highest BCUT2D eigenvalue weighted by Crippen LogP contribution is 2.46. The number of hydrogen-bond acceptors (Lipinski definition) is 6. The molecule has 0 saturated carbocycles. The van der Waals surface area contributed by atoms with Crippen LogP contribution in [0.15, 0.2) is 56.5 Å². The number of methoxy groups -OCH3 is 1. The molecule has 0 amide bonds. The van der Waals surface area contributed by atoms with E-state index in [4.69, 9.17) is 16.3 Å². The summed E-state index contributed by atoms with van der Waals surface area (Å²) >= 11 is 5.94. The molecule has 168 valence electrons. The Morgan fingerprint density at radius 1 is 1.39 bits per heavy atom. The molecule has 1 aliphatic carbocycles. The fourth-order valence-electron chi connectivity index (χ4n) is 3.95. The van der Waals surface area contributed by atoms with Crippen LogP contribution in [-0.4, -0.2) is 25.7 Å². The summed E-state index contributed by atoms with van der Waals surface area (Å²) in [6, 6.07) is 2.97. The van der Waals surface area contributed by atoms with Crippen molar-refractivity contribution in [3.8, 4) is 5.75 Å². The molecule has 11 heteroatoms. The number of nitrogens with one attached hydrogen (secondary N) is 2. The molecule has 8 nitrogen and oxygen atoms in total. The molecule has 0 saturated heterocycles. The minimum Gasteiger partial charge on any atom is -0.495 e. The molecule has 0 radical (unpaired) electrons. The number of allylic oxidation sites excluding steroid dienone is 4. The first-order chi connectivity index (χ1) is 14.5. The van der Waals surface area contributed by atoms with E-state index in [1.54, 1.807) is 13.0 Å². The van der Waals surface area contributed by atoms with Gasteiger partial charge in [-0.1, -0.05) is 49.7 Å². The standard InChI is InChI=1S/C20H23ClFN3O5S/c1-11(16-13(22)6-5-9-20(16,2)3)17(18-23-19(26)30-24-18)25-31(27,28)15-8-7-12(21)10-14(15)29-4/h5-11,16-17,25H,1-4H3,(H,23,24,26). The van der Waals surface area contributed by atoms with Crippen molar-refractivity contribution in [2.24, 2.45) is 17.3 Å². The first-order valence-electron chi connectivity index (χ1n) is 9.43. The Morgan fingerprint density at radius 3 is 2.68 bits per heavy atom. The topological polar surface area (TPSA) is 114 Å². The Kier molecular flexibility index (Phi) is 6.45. The van der Waals surface area contributed by atoms with E-state index in [1.807, 2.05) is 19.9 Å². The zero-order valence-corrected chi connectivity index (χ0v) is 18.9. The van der Waals surface area contributed by atoms with E-state index < -0.39 is 44.9 Å². The molecule has 1 aromatic carbocycles. The Bertz CT molecular complexity index is 1190. The number of ether oxygens (including phenoxy) is 1. The Hall–Kier alpha value is -2.43. The lowest BCUT2D eigenvalue weighted by Gasteiger charge is -2.39. The average Bonchev–Trinajstić information content (AvgIpc) is 3.11. The molecule has 0 fully saturated rings. The number of halogens is 2. The third-order valence-corrected chi connectivity index (χ3v) is 7.10. The van der Waals surface area contributed by atoms with Crippen LogP contribution in [0.25, 0.3) is 0 Å². The molecule has 1 heterocycles. The Morgan fingerprint density at radius 2 is 2.10 bits per heavy atom. The molecular formula is C20H23ClFN3O5S. The average molecular weight is 472 g/mol. The van der Waals surface area contributed by atoms with Crippen molar-refractivity contribution in [1.29, 1.82) is 0 Å². The van der Waals surface area contributed by atoms with Crippen molar-refractivity contribution in [1.82, 2.24) is 14.9 Å². The van der Waals surface area contributed by atoms with Crippen molar-refractivity contribution < 1.29 is 22.1 Å². The zero-order valence-electron chi connectivity index (χ0n) is 17.3. The SMILES string of the molecule is COc1cc(Cl)ccc1S(=O)(=O)NC(c1noc(=O)[nH]1)C(C)C1C(F)=CC=CC1(C)C. The third kappa shape index (κ3) is 4.76. The second kappa shape index (κ2) is 8.60. The van der Waals surface area contributed by atoms with E-state index >= 15 is 0 Å². The van der Waals surface area contributed by atoms with Crippen LogP contribution in [0, 0.1) is 17.3 Å². The summed E-state index contributed by atoms with van der Waals surface area (Å²) in [6.07, 6.45) is 4.80. The summed E-state index contributed by atoms with van der Waals surface area (Å²) in [5.74, 6) is -2.64. The molecule has 3 rings (SSSR count). The van der Waals surface area contributed by atoms with Gasteiger partial charge in [0.15, 0.2) is 5.82 Å². The van der Waals surface area contributed by atoms with Gasteiger partial charge in [-0.2, -0.15) is 4.72 Å². The quantitative estimate of drug-likeness (QED) is 0.635. The first-order valence-corrected chi connectivity index (χ1v) is 11.3. The van der Waals surface area contributed by atoms with Crippen molar-refractivity contribution >= 4 is 21.6 Å². The number of benzene rings is 1. The molecule has 1 aromatic heterocycles. The molecular weight excluding hydrogens is 449 g/mol. The van der Waals surface area contributed by atoms with Crippen LogP contribution < -0.4 is 15.2 Å². The lowest BCUT2D eigenvalue weighted by molar-refractivity contribution is 0.169. The normalized spacial score (nSPS) is 20.2. The van der Waals surface area contributed by atoms with Gasteiger partial charge in [-0.15, -0.1) is 0 Å². The molecule has 2 aromatic rings. The van der Waals surface area contributed by atoms with Gasteiger partial charge in [0.1, 0.15) is 16.5 Å². The van der Waals surface area contributed by atoms with E-state index in [0.717, 1.165) is 0 Å². The fourth-order valence-corrected chi connectivity index (χ4v) is 5.56. The fraction of sp³-hybridized carbons (Fsp3) is 0.400. The van der Waals surface area contributed by atoms with E-state index in [-0.39, 0.29) is 16.5 Å². The third-order valence-electron chi connectivity index (χ3n) is 5.38. The Labute approximate surface area is 184 Å². The molecule has 2 N–H and O–H groups in total. The van der Waals surface area contributed by atoms with E-state index in [0.29, 0.717) is 5.02 Å². The second-order valence-corrected chi connectivity index (χ2v) is 10.1. The molecule has 0 spiro atoms. The number of nitrogens with zero attached hydrogens (tertiary/aromatic N) is 1. The smallest absolute Gasteiger partial charge is 0.438 e. The van der Waals surface area contributed by atoms with E-state index in [1.165, 1.54) is 31.4 Å².